The lowest BCUT2D eigenvalue weighted by Gasteiger charge is -2.14. The lowest BCUT2D eigenvalue weighted by molar-refractivity contribution is 0.441. The second-order valence-electron chi connectivity index (χ2n) is 4.87. The fourth-order valence-electron chi connectivity index (χ4n) is 2.26. The molecule has 1 aliphatic carbocycles. The number of aliphatic hydroxyl groups is 1. The van der Waals surface area contributed by atoms with Crippen LogP contribution in [0.2, 0.25) is 0 Å². The van der Waals surface area contributed by atoms with Crippen molar-refractivity contribution >= 4 is 11.3 Å². The van der Waals surface area contributed by atoms with Crippen molar-refractivity contribution in [3.05, 3.63) is 83.9 Å². The van der Waals surface area contributed by atoms with E-state index in [2.05, 4.69) is 22.1 Å². The molecule has 0 bridgehead atoms. The largest absolute Gasteiger partial charge is 0.506 e. The van der Waals surface area contributed by atoms with E-state index in [1.54, 1.807) is 12.3 Å². The van der Waals surface area contributed by atoms with Crippen molar-refractivity contribution in [3.63, 3.8) is 0 Å². The van der Waals surface area contributed by atoms with Crippen LogP contribution in [0, 0.1) is 0 Å². The van der Waals surface area contributed by atoms with Crippen LogP contribution in [0.25, 0.3) is 5.57 Å². The fourth-order valence-corrected chi connectivity index (χ4v) is 2.26. The van der Waals surface area contributed by atoms with E-state index in [0.717, 1.165) is 16.8 Å². The number of hydrogen-bond donors (Lipinski definition) is 1. The average Bonchev–Trinajstić information content (AvgIpc) is 2.56. The van der Waals surface area contributed by atoms with Gasteiger partial charge < -0.3 is 5.11 Å². The lowest BCUT2D eigenvalue weighted by atomic mass is 9.95. The molecule has 0 atom stereocenters. The van der Waals surface area contributed by atoms with Crippen LogP contribution in [0.4, 0.5) is 0 Å². The predicted molar refractivity (Wildman–Crippen MR) is 85.1 cm³/mol. The van der Waals surface area contributed by atoms with Gasteiger partial charge in [0.2, 0.25) is 0 Å². The molecule has 1 heterocycles. The average molecular weight is 276 g/mol. The van der Waals surface area contributed by atoms with Gasteiger partial charge in [-0.15, -0.1) is 0 Å². The summed E-state index contributed by atoms with van der Waals surface area (Å²) in [4.78, 5) is 8.75. The van der Waals surface area contributed by atoms with Crippen molar-refractivity contribution in [3.8, 4) is 0 Å². The molecule has 21 heavy (non-hydrogen) atoms. The van der Waals surface area contributed by atoms with E-state index in [4.69, 9.17) is 0 Å². The zero-order chi connectivity index (χ0) is 14.5. The third-order valence-electron chi connectivity index (χ3n) is 3.40. The van der Waals surface area contributed by atoms with E-state index < -0.39 is 0 Å². The monoisotopic (exact) mass is 276 g/mol. The third-order valence-corrected chi connectivity index (χ3v) is 3.40. The molecule has 1 aromatic carbocycles. The SMILES string of the molecule is OC1=CC=C(c2ccccc2)CC1=NCc1ccccn1. The first-order chi connectivity index (χ1) is 10.3. The van der Waals surface area contributed by atoms with Crippen LogP contribution in [-0.2, 0) is 6.54 Å². The first-order valence-corrected chi connectivity index (χ1v) is 6.92. The maximum absolute atomic E-state index is 9.98. The summed E-state index contributed by atoms with van der Waals surface area (Å²) in [7, 11) is 0. The molecule has 3 rings (SSSR count). The van der Waals surface area contributed by atoms with Crippen molar-refractivity contribution in [2.24, 2.45) is 4.99 Å². The van der Waals surface area contributed by atoms with E-state index in [9.17, 15) is 5.11 Å². The highest BCUT2D eigenvalue weighted by atomic mass is 16.3. The molecule has 0 saturated carbocycles. The molecule has 1 N–H and O–H groups in total. The number of nitrogens with zero attached hydrogens (tertiary/aromatic N) is 2. The van der Waals surface area contributed by atoms with E-state index in [1.165, 1.54) is 0 Å². The Bertz CT molecular complexity index is 701. The van der Waals surface area contributed by atoms with Crippen LogP contribution in [0.3, 0.4) is 0 Å². The molecular formula is C18H16N2O. The maximum Gasteiger partial charge on any atom is 0.136 e. The first kappa shape index (κ1) is 13.3. The first-order valence-electron chi connectivity index (χ1n) is 6.92. The number of aliphatic imine (C=N–C) groups is 1. The van der Waals surface area contributed by atoms with Crippen molar-refractivity contribution in [1.29, 1.82) is 0 Å². The Morgan fingerprint density at radius 2 is 1.81 bits per heavy atom. The maximum atomic E-state index is 9.98. The Kier molecular flexibility index (Phi) is 3.92. The van der Waals surface area contributed by atoms with Gasteiger partial charge in [0, 0.05) is 12.6 Å². The second-order valence-corrected chi connectivity index (χ2v) is 4.87. The third kappa shape index (κ3) is 3.26. The molecule has 0 fully saturated rings. The molecule has 0 amide bonds. The second kappa shape index (κ2) is 6.18. The van der Waals surface area contributed by atoms with Crippen molar-refractivity contribution < 1.29 is 5.11 Å². The summed E-state index contributed by atoms with van der Waals surface area (Å²) in [5, 5.41) is 9.98. The summed E-state index contributed by atoms with van der Waals surface area (Å²) < 4.78 is 0. The Morgan fingerprint density at radius 3 is 2.57 bits per heavy atom. The van der Waals surface area contributed by atoms with Gasteiger partial charge in [0.25, 0.3) is 0 Å². The highest BCUT2D eigenvalue weighted by Gasteiger charge is 2.14. The van der Waals surface area contributed by atoms with Crippen LogP contribution in [-0.4, -0.2) is 15.8 Å². The van der Waals surface area contributed by atoms with E-state index >= 15 is 0 Å². The van der Waals surface area contributed by atoms with Gasteiger partial charge >= 0.3 is 0 Å². The zero-order valence-corrected chi connectivity index (χ0v) is 11.6. The van der Waals surface area contributed by atoms with Gasteiger partial charge in [-0.2, -0.15) is 0 Å². The van der Waals surface area contributed by atoms with Gasteiger partial charge in [-0.25, -0.2) is 0 Å². The van der Waals surface area contributed by atoms with Crippen LogP contribution in [0.15, 0.2) is 77.6 Å². The molecule has 0 spiro atoms. The summed E-state index contributed by atoms with van der Waals surface area (Å²) in [5.74, 6) is 0.241. The smallest absolute Gasteiger partial charge is 0.136 e. The minimum atomic E-state index is 0.241. The van der Waals surface area contributed by atoms with E-state index in [1.807, 2.05) is 42.5 Å². The van der Waals surface area contributed by atoms with Gasteiger partial charge in [0.1, 0.15) is 5.76 Å². The number of hydrogen-bond acceptors (Lipinski definition) is 3. The zero-order valence-electron chi connectivity index (χ0n) is 11.6. The minimum absolute atomic E-state index is 0.241. The van der Waals surface area contributed by atoms with Crippen LogP contribution in [0.5, 0.6) is 0 Å². The van der Waals surface area contributed by atoms with Crippen LogP contribution < -0.4 is 0 Å². The number of aliphatic hydroxyl groups excluding tert-OH is 1. The van der Waals surface area contributed by atoms with Crippen molar-refractivity contribution in [1.82, 2.24) is 4.98 Å². The van der Waals surface area contributed by atoms with E-state index in [0.29, 0.717) is 18.7 Å². The Morgan fingerprint density at radius 1 is 1.00 bits per heavy atom. The highest BCUT2D eigenvalue weighted by molar-refractivity contribution is 6.06. The van der Waals surface area contributed by atoms with Gasteiger partial charge in [-0.1, -0.05) is 42.5 Å². The molecule has 1 aromatic heterocycles. The minimum Gasteiger partial charge on any atom is -0.506 e. The number of pyridine rings is 1. The summed E-state index contributed by atoms with van der Waals surface area (Å²) >= 11 is 0. The molecule has 0 saturated heterocycles. The van der Waals surface area contributed by atoms with Crippen LogP contribution >= 0.6 is 0 Å². The number of rotatable bonds is 3. The van der Waals surface area contributed by atoms with Crippen LogP contribution in [0.1, 0.15) is 17.7 Å². The molecule has 0 radical (unpaired) electrons. The van der Waals surface area contributed by atoms with Crippen molar-refractivity contribution in [2.75, 3.05) is 0 Å². The van der Waals surface area contributed by atoms with Gasteiger partial charge in [0.05, 0.1) is 18.0 Å². The molecule has 3 heteroatoms. The number of allylic oxidation sites excluding steroid dienone is 4. The summed E-state index contributed by atoms with van der Waals surface area (Å²) in [6.07, 6.45) is 6.05. The molecular weight excluding hydrogens is 260 g/mol. The van der Waals surface area contributed by atoms with Gasteiger partial charge in [-0.3, -0.25) is 9.98 Å². The summed E-state index contributed by atoms with van der Waals surface area (Å²) in [6, 6.07) is 15.9. The topological polar surface area (TPSA) is 45.5 Å². The Labute approximate surface area is 124 Å². The molecule has 3 nitrogen and oxygen atoms in total. The standard InChI is InChI=1S/C18H16N2O/c21-18-10-9-15(14-6-2-1-3-7-14)12-17(18)20-13-16-8-4-5-11-19-16/h1-11,21H,12-13H2. The Hall–Kier alpha value is -2.68. The predicted octanol–water partition coefficient (Wildman–Crippen LogP) is 3.95. The molecule has 0 unspecified atom stereocenters. The molecule has 1 aliphatic rings. The van der Waals surface area contributed by atoms with E-state index in [-0.39, 0.29) is 5.76 Å². The lowest BCUT2D eigenvalue weighted by Crippen LogP contribution is -2.08. The van der Waals surface area contributed by atoms with Crippen molar-refractivity contribution in [2.45, 2.75) is 13.0 Å². The molecule has 0 aliphatic heterocycles. The molecule has 2 aromatic rings. The van der Waals surface area contributed by atoms with Gasteiger partial charge in [-0.05, 0) is 29.3 Å². The quantitative estimate of drug-likeness (QED) is 0.922. The highest BCUT2D eigenvalue weighted by Crippen LogP contribution is 2.24. The number of aromatic nitrogens is 1. The summed E-state index contributed by atoms with van der Waals surface area (Å²) in [5.41, 5.74) is 3.93. The normalized spacial score (nSPS) is 16.5. The summed E-state index contributed by atoms with van der Waals surface area (Å²) in [6.45, 7) is 0.482. The Balaban J connectivity index is 1.79. The molecule has 104 valence electrons. The van der Waals surface area contributed by atoms with Gasteiger partial charge in [0.15, 0.2) is 0 Å². The number of benzene rings is 1. The fraction of sp³-hybridized carbons (Fsp3) is 0.111.